The zero-order chi connectivity index (χ0) is 12.3. The van der Waals surface area contributed by atoms with E-state index >= 15 is 0 Å². The molecular weight excluding hydrogens is 214 g/mol. The van der Waals surface area contributed by atoms with Crippen LogP contribution in [0, 0.1) is 5.41 Å². The number of nitrogens with zero attached hydrogens (tertiary/aromatic N) is 1. The van der Waals surface area contributed by atoms with Gasteiger partial charge in [-0.05, 0) is 30.4 Å². The Hall–Kier alpha value is -1.58. The molecule has 0 atom stereocenters. The van der Waals surface area contributed by atoms with Crippen molar-refractivity contribution in [3.63, 3.8) is 0 Å². The lowest BCUT2D eigenvalue weighted by Gasteiger charge is -2.23. The molecule has 1 aromatic rings. The van der Waals surface area contributed by atoms with Crippen LogP contribution in [0.5, 0.6) is 0 Å². The minimum atomic E-state index is -0.0628. The van der Waals surface area contributed by atoms with Crippen molar-refractivity contribution in [2.75, 3.05) is 12.3 Å². The number of carbonyl (C=O) groups is 1. The normalized spacial score (nSPS) is 17.9. The molecule has 0 radical (unpaired) electrons. The van der Waals surface area contributed by atoms with Crippen LogP contribution in [-0.4, -0.2) is 17.4 Å². The number of nitrogen functional groups attached to an aromatic ring is 1. The van der Waals surface area contributed by atoms with Crippen molar-refractivity contribution in [3.8, 4) is 0 Å². The van der Waals surface area contributed by atoms with Gasteiger partial charge in [-0.25, -0.2) is 4.98 Å². The van der Waals surface area contributed by atoms with Crippen LogP contribution in [0.1, 0.15) is 43.0 Å². The van der Waals surface area contributed by atoms with Crippen LogP contribution in [-0.2, 0) is 0 Å². The fraction of sp³-hybridized carbons (Fsp3) is 0.538. The summed E-state index contributed by atoms with van der Waals surface area (Å²) in [5.41, 5.74) is 6.40. The predicted molar refractivity (Wildman–Crippen MR) is 67.6 cm³/mol. The zero-order valence-corrected chi connectivity index (χ0v) is 10.2. The van der Waals surface area contributed by atoms with Gasteiger partial charge in [0.25, 0.3) is 5.91 Å². The molecule has 4 heteroatoms. The summed E-state index contributed by atoms with van der Waals surface area (Å²) in [5, 5.41) is 2.99. The highest BCUT2D eigenvalue weighted by Crippen LogP contribution is 2.36. The van der Waals surface area contributed by atoms with Crippen molar-refractivity contribution in [2.24, 2.45) is 5.41 Å². The van der Waals surface area contributed by atoms with Crippen LogP contribution >= 0.6 is 0 Å². The molecule has 0 spiro atoms. The highest BCUT2D eigenvalue weighted by Gasteiger charge is 2.28. The number of amides is 1. The van der Waals surface area contributed by atoms with Gasteiger partial charge in [0.05, 0.1) is 0 Å². The number of pyridine rings is 1. The van der Waals surface area contributed by atoms with Crippen LogP contribution in [0.15, 0.2) is 18.3 Å². The fourth-order valence-electron chi connectivity index (χ4n) is 2.39. The van der Waals surface area contributed by atoms with E-state index in [1.165, 1.54) is 25.7 Å². The first-order valence-corrected chi connectivity index (χ1v) is 6.09. The number of nitrogens with one attached hydrogen (secondary N) is 1. The number of anilines is 1. The maximum atomic E-state index is 11.9. The van der Waals surface area contributed by atoms with Gasteiger partial charge in [0.15, 0.2) is 0 Å². The molecule has 0 bridgehead atoms. The van der Waals surface area contributed by atoms with Crippen molar-refractivity contribution in [1.29, 1.82) is 0 Å². The molecule has 1 aliphatic carbocycles. The second-order valence-corrected chi connectivity index (χ2v) is 5.17. The van der Waals surface area contributed by atoms with E-state index in [9.17, 15) is 4.79 Å². The highest BCUT2D eigenvalue weighted by atomic mass is 16.1. The monoisotopic (exact) mass is 233 g/mol. The Morgan fingerprint density at radius 2 is 2.24 bits per heavy atom. The quantitative estimate of drug-likeness (QED) is 0.838. The van der Waals surface area contributed by atoms with E-state index in [0.29, 0.717) is 11.4 Å². The molecule has 3 N–H and O–H groups in total. The minimum Gasteiger partial charge on any atom is -0.384 e. The third-order valence-corrected chi connectivity index (χ3v) is 3.53. The predicted octanol–water partition coefficient (Wildman–Crippen LogP) is 1.97. The lowest BCUT2D eigenvalue weighted by atomic mass is 9.89. The fourth-order valence-corrected chi connectivity index (χ4v) is 2.39. The summed E-state index contributed by atoms with van der Waals surface area (Å²) in [5.74, 6) is 0.317. The molecular formula is C13H19N3O. The van der Waals surface area contributed by atoms with Crippen LogP contribution in [0.25, 0.3) is 0 Å². The maximum absolute atomic E-state index is 11.9. The summed E-state index contributed by atoms with van der Waals surface area (Å²) in [6, 6.07) is 3.29. The number of hydrogen-bond donors (Lipinski definition) is 2. The standard InChI is InChI=1S/C13H19N3O/c1-13(5-2-3-6-13)9-16-12(17)10-4-7-15-11(14)8-10/h4,7-8H,2-3,5-6,9H2,1H3,(H2,14,15)(H,16,17). The number of hydrogen-bond acceptors (Lipinski definition) is 3. The first-order valence-electron chi connectivity index (χ1n) is 6.09. The van der Waals surface area contributed by atoms with Crippen molar-refractivity contribution in [1.82, 2.24) is 10.3 Å². The van der Waals surface area contributed by atoms with Crippen LogP contribution in [0.3, 0.4) is 0 Å². The second kappa shape index (κ2) is 4.73. The van der Waals surface area contributed by atoms with Crippen LogP contribution < -0.4 is 11.1 Å². The largest absolute Gasteiger partial charge is 0.384 e. The number of nitrogens with two attached hydrogens (primary N) is 1. The van der Waals surface area contributed by atoms with Gasteiger partial charge in [-0.15, -0.1) is 0 Å². The van der Waals surface area contributed by atoms with E-state index < -0.39 is 0 Å². The average molecular weight is 233 g/mol. The van der Waals surface area contributed by atoms with Crippen LogP contribution in [0.2, 0.25) is 0 Å². The summed E-state index contributed by atoms with van der Waals surface area (Å²) < 4.78 is 0. The van der Waals surface area contributed by atoms with Crippen molar-refractivity contribution < 1.29 is 4.79 Å². The molecule has 1 aliphatic rings. The van der Waals surface area contributed by atoms with E-state index in [0.717, 1.165) is 6.54 Å². The SMILES string of the molecule is CC1(CNC(=O)c2ccnc(N)c2)CCCC1. The van der Waals surface area contributed by atoms with E-state index in [1.54, 1.807) is 18.3 Å². The molecule has 17 heavy (non-hydrogen) atoms. The van der Waals surface area contributed by atoms with Gasteiger partial charge < -0.3 is 11.1 Å². The summed E-state index contributed by atoms with van der Waals surface area (Å²) >= 11 is 0. The Labute approximate surface area is 102 Å². The molecule has 1 amide bonds. The smallest absolute Gasteiger partial charge is 0.251 e. The second-order valence-electron chi connectivity index (χ2n) is 5.17. The van der Waals surface area contributed by atoms with Gasteiger partial charge in [0.2, 0.25) is 0 Å². The van der Waals surface area contributed by atoms with E-state index in [4.69, 9.17) is 5.73 Å². The zero-order valence-electron chi connectivity index (χ0n) is 10.2. The molecule has 1 saturated carbocycles. The highest BCUT2D eigenvalue weighted by molar-refractivity contribution is 5.94. The van der Waals surface area contributed by atoms with Crippen molar-refractivity contribution in [3.05, 3.63) is 23.9 Å². The third-order valence-electron chi connectivity index (χ3n) is 3.53. The Bertz CT molecular complexity index is 411. The average Bonchev–Trinajstić information content (AvgIpc) is 2.74. The summed E-state index contributed by atoms with van der Waals surface area (Å²) in [4.78, 5) is 15.8. The molecule has 1 aromatic heterocycles. The molecule has 4 nitrogen and oxygen atoms in total. The topological polar surface area (TPSA) is 68.0 Å². The van der Waals surface area contributed by atoms with E-state index in [-0.39, 0.29) is 11.3 Å². The van der Waals surface area contributed by atoms with Crippen LogP contribution in [0.4, 0.5) is 5.82 Å². The molecule has 0 aliphatic heterocycles. The lowest BCUT2D eigenvalue weighted by molar-refractivity contribution is 0.0934. The van der Waals surface area contributed by atoms with Gasteiger partial charge in [-0.1, -0.05) is 19.8 Å². The molecule has 0 unspecified atom stereocenters. The molecule has 92 valence electrons. The molecule has 2 rings (SSSR count). The lowest BCUT2D eigenvalue weighted by Crippen LogP contribution is -2.34. The van der Waals surface area contributed by atoms with E-state index in [2.05, 4.69) is 17.2 Å². The Morgan fingerprint density at radius 1 is 1.53 bits per heavy atom. The molecule has 0 saturated heterocycles. The van der Waals surface area contributed by atoms with Gasteiger partial charge in [-0.3, -0.25) is 4.79 Å². The maximum Gasteiger partial charge on any atom is 0.251 e. The number of carbonyl (C=O) groups excluding carboxylic acids is 1. The number of aromatic nitrogens is 1. The molecule has 1 fully saturated rings. The molecule has 1 heterocycles. The van der Waals surface area contributed by atoms with Gasteiger partial charge in [0, 0.05) is 18.3 Å². The summed E-state index contributed by atoms with van der Waals surface area (Å²) in [6.07, 6.45) is 6.50. The Balaban J connectivity index is 1.93. The minimum absolute atomic E-state index is 0.0628. The van der Waals surface area contributed by atoms with E-state index in [1.807, 2.05) is 0 Å². The first-order chi connectivity index (χ1) is 8.09. The molecule has 0 aromatic carbocycles. The Morgan fingerprint density at radius 3 is 2.88 bits per heavy atom. The summed E-state index contributed by atoms with van der Waals surface area (Å²) in [6.45, 7) is 2.98. The van der Waals surface area contributed by atoms with Gasteiger partial charge in [-0.2, -0.15) is 0 Å². The van der Waals surface area contributed by atoms with Crippen molar-refractivity contribution >= 4 is 11.7 Å². The van der Waals surface area contributed by atoms with Gasteiger partial charge >= 0.3 is 0 Å². The first kappa shape index (κ1) is 11.9. The third kappa shape index (κ3) is 2.96. The van der Waals surface area contributed by atoms with Crippen molar-refractivity contribution in [2.45, 2.75) is 32.6 Å². The summed E-state index contributed by atoms with van der Waals surface area (Å²) in [7, 11) is 0. The number of rotatable bonds is 3. The Kier molecular flexibility index (Phi) is 3.31. The van der Waals surface area contributed by atoms with Gasteiger partial charge in [0.1, 0.15) is 5.82 Å².